The maximum absolute atomic E-state index is 13.3. The zero-order valence-electron chi connectivity index (χ0n) is 12.2. The fourth-order valence-electron chi connectivity index (χ4n) is 3.79. The number of nitrogens with zero attached hydrogens (tertiary/aromatic N) is 1. The molecule has 0 radical (unpaired) electrons. The lowest BCUT2D eigenvalue weighted by Crippen LogP contribution is -2.44. The molecule has 0 bridgehead atoms. The molecule has 1 saturated heterocycles. The van der Waals surface area contributed by atoms with E-state index in [0.29, 0.717) is 16.3 Å². The normalized spacial score (nSPS) is 27.2. The van der Waals surface area contributed by atoms with Crippen LogP contribution >= 0.6 is 15.9 Å². The lowest BCUT2D eigenvalue weighted by atomic mass is 9.88. The third-order valence-electron chi connectivity index (χ3n) is 4.85. The molecule has 2 unspecified atom stereocenters. The Morgan fingerprint density at radius 1 is 1.24 bits per heavy atom. The first-order valence-electron chi connectivity index (χ1n) is 7.86. The number of hydrogen-bond donors (Lipinski definition) is 0. The average Bonchev–Trinajstić information content (AvgIpc) is 2.90. The Morgan fingerprint density at radius 3 is 2.81 bits per heavy atom. The van der Waals surface area contributed by atoms with Crippen molar-refractivity contribution in [1.82, 2.24) is 4.90 Å². The summed E-state index contributed by atoms with van der Waals surface area (Å²) in [4.78, 5) is 14.5. The summed E-state index contributed by atoms with van der Waals surface area (Å²) in [6.07, 6.45) is 6.40. The second-order valence-corrected chi connectivity index (χ2v) is 7.10. The van der Waals surface area contributed by atoms with Crippen molar-refractivity contribution in [3.8, 4) is 0 Å². The third-order valence-corrected chi connectivity index (χ3v) is 5.46. The summed E-state index contributed by atoms with van der Waals surface area (Å²) in [6.45, 7) is 1.86. The molecule has 1 aliphatic carbocycles. The van der Waals surface area contributed by atoms with E-state index in [-0.39, 0.29) is 11.7 Å². The van der Waals surface area contributed by atoms with Crippen LogP contribution in [0.3, 0.4) is 0 Å². The summed E-state index contributed by atoms with van der Waals surface area (Å²) in [6, 6.07) is 5.61. The summed E-state index contributed by atoms with van der Waals surface area (Å²) >= 11 is 3.25. The molecule has 2 aliphatic rings. The van der Waals surface area contributed by atoms with Crippen molar-refractivity contribution in [2.24, 2.45) is 5.92 Å². The smallest absolute Gasteiger partial charge is 0.137 e. The number of Topliss-reactive ketones (excluding diaryl/α,β-unsaturated/α-hetero) is 1. The van der Waals surface area contributed by atoms with E-state index in [9.17, 15) is 9.18 Å². The van der Waals surface area contributed by atoms with Crippen molar-refractivity contribution < 1.29 is 9.18 Å². The molecule has 114 valence electrons. The van der Waals surface area contributed by atoms with E-state index in [0.717, 1.165) is 44.3 Å². The number of benzene rings is 1. The van der Waals surface area contributed by atoms with Crippen LogP contribution in [0.1, 0.15) is 44.1 Å². The minimum Gasteiger partial charge on any atom is -0.299 e. The van der Waals surface area contributed by atoms with Crippen LogP contribution in [0, 0.1) is 11.7 Å². The number of rotatable bonds is 3. The van der Waals surface area contributed by atoms with Gasteiger partial charge in [0, 0.05) is 24.9 Å². The number of halogens is 2. The minimum atomic E-state index is -0.222. The van der Waals surface area contributed by atoms with Gasteiger partial charge in [-0.15, -0.1) is 0 Å². The molecule has 3 rings (SSSR count). The van der Waals surface area contributed by atoms with Gasteiger partial charge in [0.15, 0.2) is 0 Å². The topological polar surface area (TPSA) is 20.3 Å². The Bertz CT molecular complexity index is 534. The number of likely N-dealkylation sites (tertiary alicyclic amines) is 1. The van der Waals surface area contributed by atoms with Gasteiger partial charge in [-0.2, -0.15) is 0 Å². The fourth-order valence-corrected chi connectivity index (χ4v) is 4.22. The van der Waals surface area contributed by atoms with Gasteiger partial charge in [-0.25, -0.2) is 4.39 Å². The van der Waals surface area contributed by atoms with Crippen LogP contribution in [0.15, 0.2) is 22.7 Å². The van der Waals surface area contributed by atoms with Gasteiger partial charge in [0.05, 0.1) is 4.47 Å². The molecule has 2 atom stereocenters. The van der Waals surface area contributed by atoms with Gasteiger partial charge in [0.1, 0.15) is 11.6 Å². The Hall–Kier alpha value is -0.740. The second kappa shape index (κ2) is 6.57. The number of hydrogen-bond acceptors (Lipinski definition) is 2. The van der Waals surface area contributed by atoms with Crippen LogP contribution in [0.2, 0.25) is 0 Å². The third kappa shape index (κ3) is 3.37. The van der Waals surface area contributed by atoms with Crippen LogP contribution < -0.4 is 0 Å². The largest absolute Gasteiger partial charge is 0.299 e. The molecule has 4 heteroatoms. The van der Waals surface area contributed by atoms with Crippen LogP contribution in [0.5, 0.6) is 0 Å². The van der Waals surface area contributed by atoms with Crippen molar-refractivity contribution >= 4 is 21.7 Å². The lowest BCUT2D eigenvalue weighted by Gasteiger charge is -2.38. The van der Waals surface area contributed by atoms with Crippen molar-refractivity contribution in [1.29, 1.82) is 0 Å². The molecule has 2 nitrogen and oxygen atoms in total. The standard InChI is InChI=1S/C17H21BrFNO/c18-14-10-12(7-8-15(14)19)11-20-9-2-1-5-16(20)13-4-3-6-17(13)21/h7-8,10,13,16H,1-6,9,11H2. The van der Waals surface area contributed by atoms with Gasteiger partial charge in [-0.1, -0.05) is 12.5 Å². The number of piperidine rings is 1. The van der Waals surface area contributed by atoms with Crippen LogP contribution in [0.4, 0.5) is 4.39 Å². The van der Waals surface area contributed by atoms with Gasteiger partial charge >= 0.3 is 0 Å². The van der Waals surface area contributed by atoms with Gasteiger partial charge in [0.25, 0.3) is 0 Å². The molecular formula is C17H21BrFNO. The second-order valence-electron chi connectivity index (χ2n) is 6.25. The Morgan fingerprint density at radius 2 is 2.10 bits per heavy atom. The predicted molar refractivity (Wildman–Crippen MR) is 84.5 cm³/mol. The van der Waals surface area contributed by atoms with Crippen molar-refractivity contribution in [3.05, 3.63) is 34.1 Å². The monoisotopic (exact) mass is 353 g/mol. The summed E-state index contributed by atoms with van der Waals surface area (Å²) in [5.41, 5.74) is 1.11. The fraction of sp³-hybridized carbons (Fsp3) is 0.588. The summed E-state index contributed by atoms with van der Waals surface area (Å²) in [5.74, 6) is 0.460. The van der Waals surface area contributed by atoms with E-state index >= 15 is 0 Å². The summed E-state index contributed by atoms with van der Waals surface area (Å²) in [5, 5.41) is 0. The molecule has 0 amide bonds. The van der Waals surface area contributed by atoms with E-state index in [1.54, 1.807) is 0 Å². The summed E-state index contributed by atoms with van der Waals surface area (Å²) in [7, 11) is 0. The maximum atomic E-state index is 13.3. The van der Waals surface area contributed by atoms with E-state index in [1.807, 2.05) is 12.1 Å². The molecule has 21 heavy (non-hydrogen) atoms. The van der Waals surface area contributed by atoms with Crippen molar-refractivity contribution in [2.45, 2.75) is 51.1 Å². The van der Waals surface area contributed by atoms with Gasteiger partial charge in [0.2, 0.25) is 0 Å². The van der Waals surface area contributed by atoms with E-state index in [4.69, 9.17) is 0 Å². The Labute approximate surface area is 133 Å². The summed E-state index contributed by atoms with van der Waals surface area (Å²) < 4.78 is 13.9. The predicted octanol–water partition coefficient (Wildman–Crippen LogP) is 4.31. The Kier molecular flexibility index (Phi) is 4.75. The number of carbonyl (C=O) groups is 1. The van der Waals surface area contributed by atoms with Gasteiger partial charge < -0.3 is 0 Å². The molecule has 2 fully saturated rings. The molecule has 0 N–H and O–H groups in total. The Balaban J connectivity index is 1.74. The van der Waals surface area contributed by atoms with Crippen LogP contribution in [-0.4, -0.2) is 23.3 Å². The number of ketones is 1. The first kappa shape index (κ1) is 15.2. The van der Waals surface area contributed by atoms with Crippen molar-refractivity contribution in [3.63, 3.8) is 0 Å². The van der Waals surface area contributed by atoms with Gasteiger partial charge in [-0.3, -0.25) is 9.69 Å². The molecular weight excluding hydrogens is 333 g/mol. The first-order chi connectivity index (χ1) is 10.1. The average molecular weight is 354 g/mol. The van der Waals surface area contributed by atoms with E-state index in [1.165, 1.54) is 18.9 Å². The zero-order chi connectivity index (χ0) is 14.8. The lowest BCUT2D eigenvalue weighted by molar-refractivity contribution is -0.123. The molecule has 0 aromatic heterocycles. The van der Waals surface area contributed by atoms with E-state index in [2.05, 4.69) is 20.8 Å². The molecule has 1 aromatic rings. The molecule has 1 heterocycles. The molecule has 1 aromatic carbocycles. The van der Waals surface area contributed by atoms with Crippen LogP contribution in [-0.2, 0) is 11.3 Å². The van der Waals surface area contributed by atoms with Crippen molar-refractivity contribution in [2.75, 3.05) is 6.54 Å². The maximum Gasteiger partial charge on any atom is 0.137 e. The molecule has 1 aliphatic heterocycles. The first-order valence-corrected chi connectivity index (χ1v) is 8.65. The zero-order valence-corrected chi connectivity index (χ0v) is 13.7. The highest BCUT2D eigenvalue weighted by molar-refractivity contribution is 9.10. The van der Waals surface area contributed by atoms with Crippen LogP contribution in [0.25, 0.3) is 0 Å². The van der Waals surface area contributed by atoms with Gasteiger partial charge in [-0.05, 0) is 65.9 Å². The quantitative estimate of drug-likeness (QED) is 0.806. The minimum absolute atomic E-state index is 0.222. The highest BCUT2D eigenvalue weighted by atomic mass is 79.9. The highest BCUT2D eigenvalue weighted by Crippen LogP contribution is 2.33. The molecule has 0 spiro atoms. The highest BCUT2D eigenvalue weighted by Gasteiger charge is 2.36. The number of carbonyl (C=O) groups excluding carboxylic acids is 1. The SMILES string of the molecule is O=C1CCCC1C1CCCCN1Cc1ccc(F)c(Br)c1. The molecule has 1 saturated carbocycles. The van der Waals surface area contributed by atoms with E-state index < -0.39 is 0 Å².